The summed E-state index contributed by atoms with van der Waals surface area (Å²) in [5.41, 5.74) is 5.72. The molecule has 0 radical (unpaired) electrons. The predicted octanol–water partition coefficient (Wildman–Crippen LogP) is 3.73. The topological polar surface area (TPSA) is 38.0 Å². The third kappa shape index (κ3) is 6.18. The molecule has 0 aromatic heterocycles. The average molecular weight is 248 g/mol. The van der Waals surface area contributed by atoms with E-state index in [1.54, 1.807) is 0 Å². The van der Waals surface area contributed by atoms with Crippen molar-refractivity contribution in [1.29, 1.82) is 0 Å². The summed E-state index contributed by atoms with van der Waals surface area (Å²) in [7, 11) is 0. The van der Waals surface area contributed by atoms with Crippen LogP contribution in [-0.2, 0) is 6.42 Å². The van der Waals surface area contributed by atoms with E-state index in [1.807, 2.05) is 0 Å². The molecular formula is C16H28N2. The van der Waals surface area contributed by atoms with E-state index in [9.17, 15) is 0 Å². The van der Waals surface area contributed by atoms with Gasteiger partial charge in [-0.3, -0.25) is 11.3 Å². The van der Waals surface area contributed by atoms with E-state index in [1.165, 1.54) is 43.2 Å². The zero-order valence-electron chi connectivity index (χ0n) is 11.9. The first kappa shape index (κ1) is 15.2. The van der Waals surface area contributed by atoms with Crippen LogP contribution in [0.1, 0.15) is 56.6 Å². The zero-order chi connectivity index (χ0) is 13.2. The Bertz CT molecular complexity index is 323. The summed E-state index contributed by atoms with van der Waals surface area (Å²) in [4.78, 5) is 0. The Kier molecular flexibility index (Phi) is 7.70. The highest BCUT2D eigenvalue weighted by molar-refractivity contribution is 5.22. The van der Waals surface area contributed by atoms with E-state index in [4.69, 9.17) is 5.84 Å². The first-order valence-corrected chi connectivity index (χ1v) is 7.28. The molecule has 0 spiro atoms. The second-order valence-corrected chi connectivity index (χ2v) is 5.24. The normalized spacial score (nSPS) is 12.6. The number of aryl methyl sites for hydroxylation is 2. The maximum atomic E-state index is 5.63. The molecule has 2 heteroatoms. The van der Waals surface area contributed by atoms with E-state index < -0.39 is 0 Å². The van der Waals surface area contributed by atoms with Crippen LogP contribution in [0.5, 0.6) is 0 Å². The summed E-state index contributed by atoms with van der Waals surface area (Å²) in [6.45, 7) is 4.39. The van der Waals surface area contributed by atoms with E-state index in [0.29, 0.717) is 6.04 Å². The summed E-state index contributed by atoms with van der Waals surface area (Å²) in [6, 6.07) is 9.22. The van der Waals surface area contributed by atoms with Crippen molar-refractivity contribution in [2.24, 2.45) is 5.84 Å². The quantitative estimate of drug-likeness (QED) is 0.397. The highest BCUT2D eigenvalue weighted by Gasteiger charge is 2.06. The van der Waals surface area contributed by atoms with Crippen molar-refractivity contribution in [3.63, 3.8) is 0 Å². The minimum atomic E-state index is 0.461. The van der Waals surface area contributed by atoms with E-state index in [-0.39, 0.29) is 0 Å². The van der Waals surface area contributed by atoms with Crippen molar-refractivity contribution in [3.05, 3.63) is 35.4 Å². The van der Waals surface area contributed by atoms with Gasteiger partial charge in [0.1, 0.15) is 0 Å². The fraction of sp³-hybridized carbons (Fsp3) is 0.625. The minimum Gasteiger partial charge on any atom is -0.271 e. The summed E-state index contributed by atoms with van der Waals surface area (Å²) in [5.74, 6) is 5.63. The molecule has 102 valence electrons. The van der Waals surface area contributed by atoms with Crippen LogP contribution in [0.2, 0.25) is 0 Å². The minimum absolute atomic E-state index is 0.461. The maximum absolute atomic E-state index is 5.63. The summed E-state index contributed by atoms with van der Waals surface area (Å²) in [6.07, 6.45) is 8.70. The molecule has 0 aliphatic heterocycles. The zero-order valence-corrected chi connectivity index (χ0v) is 11.9. The van der Waals surface area contributed by atoms with Gasteiger partial charge in [0.2, 0.25) is 0 Å². The fourth-order valence-corrected chi connectivity index (χ4v) is 2.34. The maximum Gasteiger partial charge on any atom is 0.0213 e. The van der Waals surface area contributed by atoms with E-state index in [2.05, 4.69) is 43.5 Å². The molecule has 18 heavy (non-hydrogen) atoms. The molecule has 0 bridgehead atoms. The lowest BCUT2D eigenvalue weighted by Crippen LogP contribution is -2.35. The van der Waals surface area contributed by atoms with Crippen LogP contribution in [-0.4, -0.2) is 6.04 Å². The summed E-state index contributed by atoms with van der Waals surface area (Å²) >= 11 is 0. The SMILES string of the molecule is CCCCCCC(CCc1cccc(C)c1)NN. The Labute approximate surface area is 112 Å². The number of hydrogen-bond donors (Lipinski definition) is 2. The number of hydrogen-bond acceptors (Lipinski definition) is 2. The first-order valence-electron chi connectivity index (χ1n) is 7.28. The van der Waals surface area contributed by atoms with Crippen LogP contribution in [0, 0.1) is 6.92 Å². The van der Waals surface area contributed by atoms with Gasteiger partial charge in [-0.15, -0.1) is 0 Å². The van der Waals surface area contributed by atoms with Gasteiger partial charge >= 0.3 is 0 Å². The molecule has 0 saturated carbocycles. The molecule has 0 heterocycles. The van der Waals surface area contributed by atoms with Gasteiger partial charge in [-0.2, -0.15) is 0 Å². The van der Waals surface area contributed by atoms with Gasteiger partial charge in [-0.25, -0.2) is 0 Å². The van der Waals surface area contributed by atoms with Crippen molar-refractivity contribution in [3.8, 4) is 0 Å². The highest BCUT2D eigenvalue weighted by Crippen LogP contribution is 2.12. The van der Waals surface area contributed by atoms with Gasteiger partial charge in [-0.1, -0.05) is 62.4 Å². The second-order valence-electron chi connectivity index (χ2n) is 5.24. The Morgan fingerprint density at radius 1 is 1.17 bits per heavy atom. The monoisotopic (exact) mass is 248 g/mol. The van der Waals surface area contributed by atoms with Crippen molar-refractivity contribution >= 4 is 0 Å². The number of nitrogens with one attached hydrogen (secondary N) is 1. The average Bonchev–Trinajstić information content (AvgIpc) is 2.38. The van der Waals surface area contributed by atoms with Crippen molar-refractivity contribution in [1.82, 2.24) is 5.43 Å². The second kappa shape index (κ2) is 9.12. The molecule has 0 saturated heterocycles. The smallest absolute Gasteiger partial charge is 0.0213 e. The molecule has 1 aromatic carbocycles. The number of nitrogens with two attached hydrogens (primary N) is 1. The largest absolute Gasteiger partial charge is 0.271 e. The summed E-state index contributed by atoms with van der Waals surface area (Å²) < 4.78 is 0. The van der Waals surface area contributed by atoms with Crippen LogP contribution in [0.15, 0.2) is 24.3 Å². The molecular weight excluding hydrogens is 220 g/mol. The van der Waals surface area contributed by atoms with Crippen LogP contribution in [0.3, 0.4) is 0 Å². The number of rotatable bonds is 9. The van der Waals surface area contributed by atoms with Crippen LogP contribution >= 0.6 is 0 Å². The fourth-order valence-electron chi connectivity index (χ4n) is 2.34. The van der Waals surface area contributed by atoms with Gasteiger partial charge in [-0.05, 0) is 31.7 Å². The lowest BCUT2D eigenvalue weighted by molar-refractivity contribution is 0.441. The third-order valence-corrected chi connectivity index (χ3v) is 3.51. The third-order valence-electron chi connectivity index (χ3n) is 3.51. The summed E-state index contributed by atoms with van der Waals surface area (Å²) in [5, 5.41) is 0. The number of benzene rings is 1. The lowest BCUT2D eigenvalue weighted by Gasteiger charge is -2.15. The van der Waals surface area contributed by atoms with Crippen molar-refractivity contribution in [2.45, 2.75) is 64.8 Å². The van der Waals surface area contributed by atoms with Crippen LogP contribution in [0.4, 0.5) is 0 Å². The molecule has 1 rings (SSSR count). The first-order chi connectivity index (χ1) is 8.76. The Balaban J connectivity index is 2.26. The molecule has 0 aliphatic rings. The predicted molar refractivity (Wildman–Crippen MR) is 79.4 cm³/mol. The van der Waals surface area contributed by atoms with Gasteiger partial charge < -0.3 is 0 Å². The molecule has 1 unspecified atom stereocenters. The standard InChI is InChI=1S/C16H28N2/c1-3-4-5-6-10-16(18-17)12-11-15-9-7-8-14(2)13-15/h7-9,13,16,18H,3-6,10-12,17H2,1-2H3. The molecule has 3 N–H and O–H groups in total. The number of unbranched alkanes of at least 4 members (excludes halogenated alkanes) is 3. The Morgan fingerprint density at radius 2 is 2.00 bits per heavy atom. The highest BCUT2D eigenvalue weighted by atomic mass is 15.2. The Morgan fingerprint density at radius 3 is 2.67 bits per heavy atom. The van der Waals surface area contributed by atoms with Crippen LogP contribution in [0.25, 0.3) is 0 Å². The molecule has 1 atom stereocenters. The van der Waals surface area contributed by atoms with Crippen molar-refractivity contribution in [2.75, 3.05) is 0 Å². The molecule has 0 amide bonds. The molecule has 0 fully saturated rings. The van der Waals surface area contributed by atoms with Gasteiger partial charge in [0.15, 0.2) is 0 Å². The number of hydrazine groups is 1. The van der Waals surface area contributed by atoms with Gasteiger partial charge in [0.05, 0.1) is 0 Å². The molecule has 0 aliphatic carbocycles. The van der Waals surface area contributed by atoms with E-state index >= 15 is 0 Å². The van der Waals surface area contributed by atoms with E-state index in [0.717, 1.165) is 12.8 Å². The molecule has 2 nitrogen and oxygen atoms in total. The van der Waals surface area contributed by atoms with Crippen LogP contribution < -0.4 is 11.3 Å². The molecule has 1 aromatic rings. The lowest BCUT2D eigenvalue weighted by atomic mass is 10.00. The Hall–Kier alpha value is -0.860. The van der Waals surface area contributed by atoms with Gasteiger partial charge in [0.25, 0.3) is 0 Å². The van der Waals surface area contributed by atoms with Gasteiger partial charge in [0, 0.05) is 6.04 Å². The van der Waals surface area contributed by atoms with Crippen molar-refractivity contribution < 1.29 is 0 Å².